The van der Waals surface area contributed by atoms with Gasteiger partial charge < -0.3 is 9.88 Å². The predicted molar refractivity (Wildman–Crippen MR) is 94.4 cm³/mol. The molecule has 1 fully saturated rings. The van der Waals surface area contributed by atoms with E-state index in [0.717, 1.165) is 36.0 Å². The van der Waals surface area contributed by atoms with E-state index < -0.39 is 0 Å². The van der Waals surface area contributed by atoms with Gasteiger partial charge in [-0.15, -0.1) is 0 Å². The largest absolute Gasteiger partial charge is 0.354 e. The Morgan fingerprint density at radius 2 is 2.04 bits per heavy atom. The van der Waals surface area contributed by atoms with Crippen LogP contribution in [0.3, 0.4) is 0 Å². The highest BCUT2D eigenvalue weighted by Gasteiger charge is 2.16. The van der Waals surface area contributed by atoms with E-state index in [9.17, 15) is 4.79 Å². The van der Waals surface area contributed by atoms with Crippen molar-refractivity contribution in [3.8, 4) is 11.4 Å². The van der Waals surface area contributed by atoms with Crippen molar-refractivity contribution in [2.24, 2.45) is 5.92 Å². The third kappa shape index (κ3) is 4.22. The fourth-order valence-electron chi connectivity index (χ4n) is 3.50. The van der Waals surface area contributed by atoms with Gasteiger partial charge in [-0.25, -0.2) is 4.98 Å². The summed E-state index contributed by atoms with van der Waals surface area (Å²) in [5.41, 5.74) is 2.15. The van der Waals surface area contributed by atoms with Crippen LogP contribution in [-0.2, 0) is 11.3 Å². The molecule has 128 valence electrons. The maximum absolute atomic E-state index is 12.0. The minimum atomic E-state index is 0.171. The zero-order valence-corrected chi connectivity index (χ0v) is 14.4. The summed E-state index contributed by atoms with van der Waals surface area (Å²) in [5.74, 6) is 1.87. The third-order valence-electron chi connectivity index (χ3n) is 4.91. The Morgan fingerprint density at radius 1 is 1.29 bits per heavy atom. The standard InChI is InChI=1S/C19H26N4O/c1-15-14-22-19(17-8-10-20-11-9-17)23(15)13-12-21-18(24)7-6-16-4-2-3-5-16/h8-11,14,16H,2-7,12-13H2,1H3,(H,21,24). The molecule has 5 nitrogen and oxygen atoms in total. The maximum Gasteiger partial charge on any atom is 0.220 e. The SMILES string of the molecule is Cc1cnc(-c2ccncc2)n1CCNC(=O)CCC1CCCC1. The van der Waals surface area contributed by atoms with Gasteiger partial charge in [0.1, 0.15) is 5.82 Å². The molecule has 5 heteroatoms. The Bertz CT molecular complexity index is 659. The fraction of sp³-hybridized carbons (Fsp3) is 0.526. The van der Waals surface area contributed by atoms with Crippen molar-refractivity contribution >= 4 is 5.91 Å². The van der Waals surface area contributed by atoms with Gasteiger partial charge in [-0.1, -0.05) is 25.7 Å². The van der Waals surface area contributed by atoms with Gasteiger partial charge in [0.2, 0.25) is 5.91 Å². The molecule has 0 atom stereocenters. The highest BCUT2D eigenvalue weighted by atomic mass is 16.1. The molecule has 0 aromatic carbocycles. The Kier molecular flexibility index (Phi) is 5.62. The molecule has 1 saturated carbocycles. The van der Waals surface area contributed by atoms with E-state index in [4.69, 9.17) is 0 Å². The number of aryl methyl sites for hydroxylation is 1. The average molecular weight is 326 g/mol. The molecular weight excluding hydrogens is 300 g/mol. The van der Waals surface area contributed by atoms with Gasteiger partial charge in [-0.3, -0.25) is 9.78 Å². The Labute approximate surface area is 143 Å². The number of imidazole rings is 1. The van der Waals surface area contributed by atoms with Gasteiger partial charge in [0, 0.05) is 49.4 Å². The summed E-state index contributed by atoms with van der Waals surface area (Å²) in [5, 5.41) is 3.05. The molecular formula is C19H26N4O. The van der Waals surface area contributed by atoms with E-state index in [-0.39, 0.29) is 5.91 Å². The lowest BCUT2D eigenvalue weighted by molar-refractivity contribution is -0.121. The molecule has 1 aliphatic rings. The molecule has 0 aliphatic heterocycles. The molecule has 0 bridgehead atoms. The fourth-order valence-corrected chi connectivity index (χ4v) is 3.50. The molecule has 1 N–H and O–H groups in total. The summed E-state index contributed by atoms with van der Waals surface area (Å²) in [6.07, 6.45) is 12.4. The van der Waals surface area contributed by atoms with Crippen molar-refractivity contribution in [1.82, 2.24) is 19.9 Å². The highest BCUT2D eigenvalue weighted by Crippen LogP contribution is 2.28. The lowest BCUT2D eigenvalue weighted by atomic mass is 10.0. The first kappa shape index (κ1) is 16.7. The van der Waals surface area contributed by atoms with E-state index in [1.807, 2.05) is 25.3 Å². The minimum Gasteiger partial charge on any atom is -0.354 e. The number of hydrogen-bond acceptors (Lipinski definition) is 3. The van der Waals surface area contributed by atoms with Crippen molar-refractivity contribution in [3.63, 3.8) is 0 Å². The number of rotatable bonds is 7. The molecule has 0 spiro atoms. The van der Waals surface area contributed by atoms with E-state index in [0.29, 0.717) is 13.0 Å². The summed E-state index contributed by atoms with van der Waals surface area (Å²) >= 11 is 0. The average Bonchev–Trinajstić information content (AvgIpc) is 3.24. The first-order chi connectivity index (χ1) is 11.7. The highest BCUT2D eigenvalue weighted by molar-refractivity contribution is 5.75. The second kappa shape index (κ2) is 8.08. The van der Waals surface area contributed by atoms with Gasteiger partial charge in [-0.2, -0.15) is 0 Å². The van der Waals surface area contributed by atoms with Gasteiger partial charge in [-0.05, 0) is 31.4 Å². The Hall–Kier alpha value is -2.17. The molecule has 0 saturated heterocycles. The number of carbonyl (C=O) groups is 1. The van der Waals surface area contributed by atoms with E-state index in [2.05, 4.69) is 19.9 Å². The summed E-state index contributed by atoms with van der Waals surface area (Å²) in [7, 11) is 0. The van der Waals surface area contributed by atoms with Crippen LogP contribution >= 0.6 is 0 Å². The van der Waals surface area contributed by atoms with Gasteiger partial charge in [0.15, 0.2) is 0 Å². The van der Waals surface area contributed by atoms with Crippen LogP contribution in [0.15, 0.2) is 30.7 Å². The van der Waals surface area contributed by atoms with Crippen molar-refractivity contribution in [3.05, 3.63) is 36.4 Å². The van der Waals surface area contributed by atoms with Crippen LogP contribution in [0.5, 0.6) is 0 Å². The zero-order valence-electron chi connectivity index (χ0n) is 14.4. The van der Waals surface area contributed by atoms with Crippen molar-refractivity contribution < 1.29 is 4.79 Å². The Balaban J connectivity index is 1.50. The van der Waals surface area contributed by atoms with Gasteiger partial charge >= 0.3 is 0 Å². The molecule has 1 amide bonds. The summed E-state index contributed by atoms with van der Waals surface area (Å²) < 4.78 is 2.15. The number of aromatic nitrogens is 3. The quantitative estimate of drug-likeness (QED) is 0.849. The Morgan fingerprint density at radius 3 is 2.79 bits per heavy atom. The second-order valence-corrected chi connectivity index (χ2v) is 6.65. The van der Waals surface area contributed by atoms with E-state index >= 15 is 0 Å². The molecule has 2 aromatic rings. The van der Waals surface area contributed by atoms with Gasteiger partial charge in [0.25, 0.3) is 0 Å². The first-order valence-electron chi connectivity index (χ1n) is 8.93. The van der Waals surface area contributed by atoms with Crippen LogP contribution in [0.1, 0.15) is 44.2 Å². The topological polar surface area (TPSA) is 59.8 Å². The van der Waals surface area contributed by atoms with Crippen LogP contribution in [0.2, 0.25) is 0 Å². The number of amides is 1. The normalized spacial score (nSPS) is 14.9. The van der Waals surface area contributed by atoms with E-state index in [1.54, 1.807) is 12.4 Å². The first-order valence-corrected chi connectivity index (χ1v) is 8.93. The lowest BCUT2D eigenvalue weighted by Gasteiger charge is -2.12. The van der Waals surface area contributed by atoms with E-state index in [1.165, 1.54) is 25.7 Å². The molecule has 0 unspecified atom stereocenters. The van der Waals surface area contributed by atoms with Crippen LogP contribution in [0, 0.1) is 12.8 Å². The molecule has 1 aliphatic carbocycles. The number of pyridine rings is 1. The van der Waals surface area contributed by atoms with Crippen LogP contribution in [0.25, 0.3) is 11.4 Å². The van der Waals surface area contributed by atoms with Gasteiger partial charge in [0.05, 0.1) is 0 Å². The summed E-state index contributed by atoms with van der Waals surface area (Å²) in [6.45, 7) is 3.41. The minimum absolute atomic E-state index is 0.171. The number of nitrogens with one attached hydrogen (secondary N) is 1. The number of hydrogen-bond donors (Lipinski definition) is 1. The molecule has 2 heterocycles. The molecule has 2 aromatic heterocycles. The summed E-state index contributed by atoms with van der Waals surface area (Å²) in [6, 6.07) is 3.91. The second-order valence-electron chi connectivity index (χ2n) is 6.65. The molecule has 24 heavy (non-hydrogen) atoms. The molecule has 0 radical (unpaired) electrons. The van der Waals surface area contributed by atoms with Crippen LogP contribution < -0.4 is 5.32 Å². The third-order valence-corrected chi connectivity index (χ3v) is 4.91. The maximum atomic E-state index is 12.0. The predicted octanol–water partition coefficient (Wildman–Crippen LogP) is 3.34. The molecule has 3 rings (SSSR count). The van der Waals surface area contributed by atoms with Crippen molar-refractivity contribution in [1.29, 1.82) is 0 Å². The summed E-state index contributed by atoms with van der Waals surface area (Å²) in [4.78, 5) is 20.6. The van der Waals surface area contributed by atoms with Crippen molar-refractivity contribution in [2.45, 2.75) is 52.0 Å². The lowest BCUT2D eigenvalue weighted by Crippen LogP contribution is -2.27. The van der Waals surface area contributed by atoms with Crippen LogP contribution in [-0.4, -0.2) is 27.0 Å². The van der Waals surface area contributed by atoms with Crippen molar-refractivity contribution in [2.75, 3.05) is 6.54 Å². The van der Waals surface area contributed by atoms with Crippen LogP contribution in [0.4, 0.5) is 0 Å². The zero-order chi connectivity index (χ0) is 16.8. The number of carbonyl (C=O) groups excluding carboxylic acids is 1. The number of nitrogens with zero attached hydrogens (tertiary/aromatic N) is 3. The monoisotopic (exact) mass is 326 g/mol. The smallest absolute Gasteiger partial charge is 0.220 e.